The summed E-state index contributed by atoms with van der Waals surface area (Å²) in [6.45, 7) is 0.693. The highest BCUT2D eigenvalue weighted by Crippen LogP contribution is 2.46. The molecule has 5 rings (SSSR count). The number of nitrogens with one attached hydrogen (secondary N) is 2. The smallest absolute Gasteiger partial charge is 0.191 e. The summed E-state index contributed by atoms with van der Waals surface area (Å²) in [5.74, 6) is 1.82. The molecule has 1 spiro atoms. The predicted octanol–water partition coefficient (Wildman–Crippen LogP) is 4.74. The number of nitrogens with zero attached hydrogens (tertiary/aromatic N) is 2. The van der Waals surface area contributed by atoms with E-state index >= 15 is 0 Å². The van der Waals surface area contributed by atoms with E-state index in [0.29, 0.717) is 6.54 Å². The van der Waals surface area contributed by atoms with Crippen molar-refractivity contribution >= 4 is 16.9 Å². The molecule has 0 radical (unpaired) electrons. The molecular formula is C25H28N4O. The second kappa shape index (κ2) is 7.98. The van der Waals surface area contributed by atoms with Crippen LogP contribution in [0.1, 0.15) is 49.3 Å². The van der Waals surface area contributed by atoms with Crippen LogP contribution in [0.5, 0.6) is 5.75 Å². The summed E-state index contributed by atoms with van der Waals surface area (Å²) in [6.07, 6.45) is 7.61. The summed E-state index contributed by atoms with van der Waals surface area (Å²) < 4.78 is 6.50. The van der Waals surface area contributed by atoms with E-state index in [4.69, 9.17) is 4.74 Å². The van der Waals surface area contributed by atoms with Crippen LogP contribution in [0, 0.1) is 0 Å². The molecule has 0 amide bonds. The summed E-state index contributed by atoms with van der Waals surface area (Å²) in [6, 6.07) is 18.9. The van der Waals surface area contributed by atoms with E-state index in [1.165, 1.54) is 29.4 Å². The Morgan fingerprint density at radius 1 is 1.10 bits per heavy atom. The third kappa shape index (κ3) is 3.60. The number of aliphatic imine (C=N–C) groups is 1. The Bertz CT molecular complexity index is 1070. The van der Waals surface area contributed by atoms with Crippen molar-refractivity contribution in [1.29, 1.82) is 0 Å². The predicted molar refractivity (Wildman–Crippen MR) is 121 cm³/mol. The first kappa shape index (κ1) is 18.9. The molecule has 2 aliphatic rings. The minimum Gasteiger partial charge on any atom is -0.487 e. The molecule has 5 heteroatoms. The fourth-order valence-corrected chi connectivity index (χ4v) is 4.92. The van der Waals surface area contributed by atoms with Crippen molar-refractivity contribution in [2.75, 3.05) is 7.05 Å². The molecule has 1 aromatic heterocycles. The van der Waals surface area contributed by atoms with Crippen molar-refractivity contribution in [2.24, 2.45) is 4.99 Å². The largest absolute Gasteiger partial charge is 0.487 e. The van der Waals surface area contributed by atoms with Gasteiger partial charge in [-0.05, 0) is 49.4 Å². The van der Waals surface area contributed by atoms with Gasteiger partial charge in [0, 0.05) is 37.2 Å². The molecule has 2 N–H and O–H groups in total. The molecule has 1 aliphatic heterocycles. The molecular weight excluding hydrogens is 372 g/mol. The van der Waals surface area contributed by atoms with Crippen molar-refractivity contribution in [3.8, 4) is 5.75 Å². The molecule has 30 heavy (non-hydrogen) atoms. The highest BCUT2D eigenvalue weighted by molar-refractivity contribution is 5.84. The minimum absolute atomic E-state index is 0.0355. The quantitative estimate of drug-likeness (QED) is 0.493. The SMILES string of the molecule is CN=C(NCc1ccnc2ccccc12)NC1CC2(CCCC2)Oc2ccccc21. The maximum absolute atomic E-state index is 6.50. The van der Waals surface area contributed by atoms with E-state index in [9.17, 15) is 0 Å². The molecule has 0 bridgehead atoms. The first-order chi connectivity index (χ1) is 14.8. The van der Waals surface area contributed by atoms with Gasteiger partial charge in [-0.15, -0.1) is 0 Å². The van der Waals surface area contributed by atoms with Crippen LogP contribution in [0.25, 0.3) is 10.9 Å². The number of fused-ring (bicyclic) bond motifs is 2. The van der Waals surface area contributed by atoms with Gasteiger partial charge in [0.2, 0.25) is 0 Å². The van der Waals surface area contributed by atoms with Gasteiger partial charge < -0.3 is 15.4 Å². The molecule has 2 aromatic carbocycles. The lowest BCUT2D eigenvalue weighted by atomic mass is 9.86. The third-order valence-corrected chi connectivity index (χ3v) is 6.43. The number of hydrogen-bond donors (Lipinski definition) is 2. The molecule has 3 aromatic rings. The lowest BCUT2D eigenvalue weighted by Gasteiger charge is -2.40. The summed E-state index contributed by atoms with van der Waals surface area (Å²) >= 11 is 0. The Morgan fingerprint density at radius 2 is 1.90 bits per heavy atom. The number of para-hydroxylation sites is 2. The van der Waals surface area contributed by atoms with Crippen LogP contribution in [0.15, 0.2) is 65.8 Å². The van der Waals surface area contributed by atoms with Crippen LogP contribution in [-0.2, 0) is 6.54 Å². The Balaban J connectivity index is 1.34. The van der Waals surface area contributed by atoms with Crippen molar-refractivity contribution in [2.45, 2.75) is 50.3 Å². The van der Waals surface area contributed by atoms with Gasteiger partial charge in [0.1, 0.15) is 11.4 Å². The topological polar surface area (TPSA) is 58.5 Å². The third-order valence-electron chi connectivity index (χ3n) is 6.43. The summed E-state index contributed by atoms with van der Waals surface area (Å²) in [4.78, 5) is 8.96. The van der Waals surface area contributed by atoms with E-state index in [-0.39, 0.29) is 11.6 Å². The Hall–Kier alpha value is -3.08. The van der Waals surface area contributed by atoms with Crippen LogP contribution in [-0.4, -0.2) is 23.6 Å². The first-order valence-corrected chi connectivity index (χ1v) is 10.8. The van der Waals surface area contributed by atoms with Gasteiger partial charge in [-0.2, -0.15) is 0 Å². The zero-order chi connectivity index (χ0) is 20.4. The number of rotatable bonds is 3. The molecule has 1 fully saturated rings. The minimum atomic E-state index is -0.0355. The van der Waals surface area contributed by atoms with Crippen LogP contribution in [0.2, 0.25) is 0 Å². The van der Waals surface area contributed by atoms with Crippen molar-refractivity contribution in [3.63, 3.8) is 0 Å². The standard InChI is InChI=1S/C25H28N4O/c1-26-24(28-17-18-12-15-27-21-10-4-2-8-19(18)21)29-22-16-25(13-6-7-14-25)30-23-11-5-3-9-20(22)23/h2-5,8-12,15,22H,6-7,13-14,16-17H2,1H3,(H2,26,28,29). The highest BCUT2D eigenvalue weighted by Gasteiger charge is 2.43. The van der Waals surface area contributed by atoms with Gasteiger partial charge in [0.05, 0.1) is 11.6 Å². The van der Waals surface area contributed by atoms with Gasteiger partial charge in [-0.3, -0.25) is 9.98 Å². The van der Waals surface area contributed by atoms with Gasteiger partial charge in [0.15, 0.2) is 5.96 Å². The van der Waals surface area contributed by atoms with Crippen molar-refractivity contribution < 1.29 is 4.74 Å². The molecule has 1 saturated carbocycles. The molecule has 1 unspecified atom stereocenters. The van der Waals surface area contributed by atoms with Gasteiger partial charge in [-0.25, -0.2) is 0 Å². The normalized spacial score (nSPS) is 20.0. The highest BCUT2D eigenvalue weighted by atomic mass is 16.5. The number of guanidine groups is 1. The van der Waals surface area contributed by atoms with Crippen LogP contribution in [0.3, 0.4) is 0 Å². The zero-order valence-electron chi connectivity index (χ0n) is 17.4. The molecule has 5 nitrogen and oxygen atoms in total. The number of hydrogen-bond acceptors (Lipinski definition) is 3. The van der Waals surface area contributed by atoms with E-state index in [1.54, 1.807) is 0 Å². The van der Waals surface area contributed by atoms with Crippen LogP contribution < -0.4 is 15.4 Å². The maximum atomic E-state index is 6.50. The summed E-state index contributed by atoms with van der Waals surface area (Å²) in [5, 5.41) is 8.35. The lowest BCUT2D eigenvalue weighted by Crippen LogP contribution is -2.46. The average Bonchev–Trinajstić information content (AvgIpc) is 3.23. The number of benzene rings is 2. The fourth-order valence-electron chi connectivity index (χ4n) is 4.92. The summed E-state index contributed by atoms with van der Waals surface area (Å²) in [7, 11) is 1.83. The number of ether oxygens (including phenoxy) is 1. The Morgan fingerprint density at radius 3 is 2.77 bits per heavy atom. The van der Waals surface area contributed by atoms with Crippen LogP contribution >= 0.6 is 0 Å². The van der Waals surface area contributed by atoms with Crippen molar-refractivity contribution in [1.82, 2.24) is 15.6 Å². The van der Waals surface area contributed by atoms with E-state index in [1.807, 2.05) is 25.4 Å². The molecule has 154 valence electrons. The molecule has 2 heterocycles. The Labute approximate surface area is 177 Å². The van der Waals surface area contributed by atoms with Gasteiger partial charge >= 0.3 is 0 Å². The van der Waals surface area contributed by atoms with Gasteiger partial charge in [0.25, 0.3) is 0 Å². The van der Waals surface area contributed by atoms with E-state index in [0.717, 1.165) is 36.5 Å². The first-order valence-electron chi connectivity index (χ1n) is 10.8. The summed E-state index contributed by atoms with van der Waals surface area (Å²) in [5.41, 5.74) is 3.41. The maximum Gasteiger partial charge on any atom is 0.191 e. The van der Waals surface area contributed by atoms with Crippen LogP contribution in [0.4, 0.5) is 0 Å². The second-order valence-electron chi connectivity index (χ2n) is 8.34. The monoisotopic (exact) mass is 400 g/mol. The number of aromatic nitrogens is 1. The molecule has 0 saturated heterocycles. The fraction of sp³-hybridized carbons (Fsp3) is 0.360. The second-order valence-corrected chi connectivity index (χ2v) is 8.34. The number of pyridine rings is 1. The molecule has 1 aliphatic carbocycles. The average molecular weight is 401 g/mol. The lowest BCUT2D eigenvalue weighted by molar-refractivity contribution is 0.0396. The zero-order valence-corrected chi connectivity index (χ0v) is 17.4. The van der Waals surface area contributed by atoms with E-state index < -0.39 is 0 Å². The molecule has 1 atom stereocenters. The Kier molecular flexibility index (Phi) is 5.03. The van der Waals surface area contributed by atoms with Crippen molar-refractivity contribution in [3.05, 3.63) is 71.9 Å². The van der Waals surface area contributed by atoms with Gasteiger partial charge in [-0.1, -0.05) is 36.4 Å². The van der Waals surface area contributed by atoms with E-state index in [2.05, 4.69) is 63.1 Å².